The van der Waals surface area contributed by atoms with Crippen molar-refractivity contribution in [2.24, 2.45) is 5.92 Å². The highest BCUT2D eigenvalue weighted by Gasteiger charge is 2.50. The standard InChI is InChI=1S/C23H34N4O4S/c1-16(24-2)22(28)25-20-10-6-9-19-13-18-11-12-26(14-21(18)27(19)23(20)29)32(30,31)15-17-7-4-3-5-8-17/h3-5,7-8,16,18-21,24H,6,9-15H2,1-2H3,(H,25,28)/t16-,18+,19-,20-,21+/m0/s1. The van der Waals surface area contributed by atoms with Crippen molar-refractivity contribution in [3.63, 3.8) is 0 Å². The normalized spacial score (nSPS) is 29.7. The first-order valence-electron chi connectivity index (χ1n) is 11.6. The van der Waals surface area contributed by atoms with E-state index >= 15 is 0 Å². The van der Waals surface area contributed by atoms with Gasteiger partial charge in [0, 0.05) is 25.2 Å². The number of piperidine rings is 1. The third kappa shape index (κ3) is 4.70. The van der Waals surface area contributed by atoms with E-state index < -0.39 is 16.1 Å². The van der Waals surface area contributed by atoms with Gasteiger partial charge < -0.3 is 15.5 Å². The Morgan fingerprint density at radius 3 is 2.66 bits per heavy atom. The summed E-state index contributed by atoms with van der Waals surface area (Å²) in [5.41, 5.74) is 0.770. The summed E-state index contributed by atoms with van der Waals surface area (Å²) in [7, 11) is -1.75. The van der Waals surface area contributed by atoms with E-state index in [2.05, 4.69) is 10.6 Å². The van der Waals surface area contributed by atoms with Crippen molar-refractivity contribution in [3.05, 3.63) is 35.9 Å². The average molecular weight is 463 g/mol. The number of amides is 2. The molecular weight excluding hydrogens is 428 g/mol. The van der Waals surface area contributed by atoms with Gasteiger partial charge in [-0.1, -0.05) is 30.3 Å². The van der Waals surface area contributed by atoms with E-state index in [0.717, 1.165) is 31.2 Å². The largest absolute Gasteiger partial charge is 0.343 e. The topological polar surface area (TPSA) is 98.8 Å². The minimum atomic E-state index is -3.47. The van der Waals surface area contributed by atoms with Crippen LogP contribution in [0, 0.1) is 5.92 Å². The number of carbonyl (C=O) groups excluding carboxylic acids is 2. The lowest BCUT2D eigenvalue weighted by atomic mass is 9.91. The molecule has 5 atom stereocenters. The highest BCUT2D eigenvalue weighted by atomic mass is 32.2. The highest BCUT2D eigenvalue weighted by Crippen LogP contribution is 2.40. The molecule has 0 radical (unpaired) electrons. The molecule has 2 N–H and O–H groups in total. The summed E-state index contributed by atoms with van der Waals surface area (Å²) in [5.74, 6) is 0.0518. The molecule has 1 aromatic carbocycles. The van der Waals surface area contributed by atoms with Gasteiger partial charge in [0.1, 0.15) is 6.04 Å². The number of benzene rings is 1. The second kappa shape index (κ2) is 9.49. The molecule has 1 aromatic rings. The lowest BCUT2D eigenvalue weighted by Crippen LogP contribution is -2.57. The Bertz CT molecular complexity index is 939. The van der Waals surface area contributed by atoms with Crippen molar-refractivity contribution in [1.29, 1.82) is 0 Å². The van der Waals surface area contributed by atoms with E-state index in [0.29, 0.717) is 25.4 Å². The summed E-state index contributed by atoms with van der Waals surface area (Å²) < 4.78 is 27.8. The third-order valence-corrected chi connectivity index (χ3v) is 9.14. The Labute approximate surface area is 190 Å². The molecule has 32 heavy (non-hydrogen) atoms. The quantitative estimate of drug-likeness (QED) is 0.659. The number of rotatable bonds is 6. The molecular formula is C23H34N4O4S. The molecule has 0 bridgehead atoms. The lowest BCUT2D eigenvalue weighted by Gasteiger charge is -2.39. The van der Waals surface area contributed by atoms with Crippen LogP contribution in [0.3, 0.4) is 0 Å². The first-order chi connectivity index (χ1) is 15.3. The molecule has 8 nitrogen and oxygen atoms in total. The smallest absolute Gasteiger partial charge is 0.245 e. The number of nitrogens with one attached hydrogen (secondary N) is 2. The molecule has 3 aliphatic heterocycles. The van der Waals surface area contributed by atoms with E-state index in [9.17, 15) is 18.0 Å². The van der Waals surface area contributed by atoms with Crippen molar-refractivity contribution < 1.29 is 18.0 Å². The van der Waals surface area contributed by atoms with Crippen molar-refractivity contribution in [3.8, 4) is 0 Å². The van der Waals surface area contributed by atoms with Gasteiger partial charge in [-0.25, -0.2) is 8.42 Å². The molecule has 2 amide bonds. The summed E-state index contributed by atoms with van der Waals surface area (Å²) in [6.07, 6.45) is 4.11. The van der Waals surface area contributed by atoms with Crippen LogP contribution in [-0.2, 0) is 25.4 Å². The number of carbonyl (C=O) groups is 2. The Hall–Kier alpha value is -1.97. The molecule has 0 unspecified atom stereocenters. The number of hydrogen-bond donors (Lipinski definition) is 2. The molecule has 0 spiro atoms. The van der Waals surface area contributed by atoms with E-state index in [1.54, 1.807) is 18.3 Å². The summed E-state index contributed by atoms with van der Waals surface area (Å²) in [5, 5.41) is 5.83. The number of nitrogens with zero attached hydrogens (tertiary/aromatic N) is 2. The third-order valence-electron chi connectivity index (χ3n) is 7.32. The maximum Gasteiger partial charge on any atom is 0.245 e. The molecule has 3 fully saturated rings. The zero-order valence-electron chi connectivity index (χ0n) is 18.9. The zero-order chi connectivity index (χ0) is 22.9. The van der Waals surface area contributed by atoms with Crippen LogP contribution < -0.4 is 10.6 Å². The van der Waals surface area contributed by atoms with Crippen LogP contribution in [0.5, 0.6) is 0 Å². The van der Waals surface area contributed by atoms with E-state index in [-0.39, 0.29) is 35.7 Å². The molecule has 0 aliphatic carbocycles. The van der Waals surface area contributed by atoms with Crippen LogP contribution in [0.4, 0.5) is 0 Å². The first kappa shape index (κ1) is 23.2. The molecule has 3 saturated heterocycles. The van der Waals surface area contributed by atoms with Crippen molar-refractivity contribution in [2.75, 3.05) is 20.1 Å². The summed E-state index contributed by atoms with van der Waals surface area (Å²) >= 11 is 0. The second-order valence-corrected chi connectivity index (χ2v) is 11.3. The summed E-state index contributed by atoms with van der Waals surface area (Å²) in [6, 6.07) is 8.32. The van der Waals surface area contributed by atoms with Crippen LogP contribution in [0.2, 0.25) is 0 Å². The van der Waals surface area contributed by atoms with Crippen molar-refractivity contribution in [1.82, 2.24) is 19.8 Å². The van der Waals surface area contributed by atoms with E-state index in [1.165, 1.54) is 0 Å². The van der Waals surface area contributed by atoms with Gasteiger partial charge in [0.25, 0.3) is 0 Å². The summed E-state index contributed by atoms with van der Waals surface area (Å²) in [6.45, 7) is 2.61. The maximum atomic E-state index is 13.5. The fraction of sp³-hybridized carbons (Fsp3) is 0.652. The highest BCUT2D eigenvalue weighted by molar-refractivity contribution is 7.88. The van der Waals surface area contributed by atoms with Gasteiger partial charge in [-0.2, -0.15) is 4.31 Å². The fourth-order valence-electron chi connectivity index (χ4n) is 5.43. The van der Waals surface area contributed by atoms with Crippen molar-refractivity contribution >= 4 is 21.8 Å². The Morgan fingerprint density at radius 1 is 1.19 bits per heavy atom. The summed E-state index contributed by atoms with van der Waals surface area (Å²) in [4.78, 5) is 27.8. The predicted molar refractivity (Wildman–Crippen MR) is 122 cm³/mol. The SMILES string of the molecule is CN[C@@H](C)C(=O)N[C@H]1CCC[C@H]2C[C@H]3CCN(S(=O)(=O)Cc4ccccc4)C[C@H]3N2C1=O. The average Bonchev–Trinajstić information content (AvgIpc) is 3.07. The molecule has 0 saturated carbocycles. The molecule has 4 rings (SSSR count). The zero-order valence-corrected chi connectivity index (χ0v) is 19.7. The number of hydrogen-bond acceptors (Lipinski definition) is 5. The Kier molecular flexibility index (Phi) is 6.88. The van der Waals surface area contributed by atoms with E-state index in [4.69, 9.17) is 0 Å². The molecule has 3 heterocycles. The monoisotopic (exact) mass is 462 g/mol. The van der Waals surface area contributed by atoms with Gasteiger partial charge in [0.05, 0.1) is 11.8 Å². The van der Waals surface area contributed by atoms with Gasteiger partial charge >= 0.3 is 0 Å². The van der Waals surface area contributed by atoms with Gasteiger partial charge in [-0.05, 0) is 57.6 Å². The maximum absolute atomic E-state index is 13.5. The molecule has 0 aromatic heterocycles. The van der Waals surface area contributed by atoms with Gasteiger partial charge in [-0.3, -0.25) is 9.59 Å². The second-order valence-electron chi connectivity index (χ2n) is 9.35. The Balaban J connectivity index is 1.49. The number of likely N-dealkylation sites (N-methyl/N-ethyl adjacent to an activating group) is 1. The van der Waals surface area contributed by atoms with Crippen molar-refractivity contribution in [2.45, 2.75) is 68.9 Å². The van der Waals surface area contributed by atoms with Gasteiger partial charge in [0.15, 0.2) is 0 Å². The van der Waals surface area contributed by atoms with Crippen LogP contribution in [0.1, 0.15) is 44.6 Å². The van der Waals surface area contributed by atoms with Crippen LogP contribution >= 0.6 is 0 Å². The molecule has 9 heteroatoms. The minimum absolute atomic E-state index is 0.0246. The molecule has 176 valence electrons. The Morgan fingerprint density at radius 2 is 1.94 bits per heavy atom. The minimum Gasteiger partial charge on any atom is -0.343 e. The molecule has 3 aliphatic rings. The number of fused-ring (bicyclic) bond motifs is 3. The fourth-order valence-corrected chi connectivity index (χ4v) is 6.99. The lowest BCUT2D eigenvalue weighted by molar-refractivity contribution is -0.139. The van der Waals surface area contributed by atoms with Gasteiger partial charge in [0.2, 0.25) is 21.8 Å². The van der Waals surface area contributed by atoms with Crippen LogP contribution in [0.15, 0.2) is 30.3 Å². The van der Waals surface area contributed by atoms with E-state index in [1.807, 2.05) is 35.2 Å². The predicted octanol–water partition coefficient (Wildman–Crippen LogP) is 1.08. The van der Waals surface area contributed by atoms with Crippen LogP contribution in [-0.4, -0.2) is 73.7 Å². The first-order valence-corrected chi connectivity index (χ1v) is 13.2. The van der Waals surface area contributed by atoms with Crippen LogP contribution in [0.25, 0.3) is 0 Å². The number of sulfonamides is 1. The van der Waals surface area contributed by atoms with Gasteiger partial charge in [-0.15, -0.1) is 0 Å².